The first-order chi connectivity index (χ1) is 10.0. The van der Waals surface area contributed by atoms with Gasteiger partial charge in [-0.1, -0.05) is 41.4 Å². The van der Waals surface area contributed by atoms with E-state index in [-0.39, 0.29) is 6.04 Å². The van der Waals surface area contributed by atoms with Crippen molar-refractivity contribution in [2.45, 2.75) is 17.9 Å². The van der Waals surface area contributed by atoms with Crippen LogP contribution in [0.4, 0.5) is 0 Å². The van der Waals surface area contributed by atoms with Crippen LogP contribution in [0.5, 0.6) is 5.75 Å². The molecule has 2 unspecified atom stereocenters. The highest BCUT2D eigenvalue weighted by Gasteiger charge is 2.17. The van der Waals surface area contributed by atoms with Crippen LogP contribution >= 0.6 is 11.6 Å². The zero-order valence-corrected chi connectivity index (χ0v) is 13.6. The third kappa shape index (κ3) is 3.84. The smallest absolute Gasteiger partial charge is 0.123 e. The Kier molecular flexibility index (Phi) is 5.39. The zero-order chi connectivity index (χ0) is 15.4. The van der Waals surface area contributed by atoms with Gasteiger partial charge in [-0.2, -0.15) is 0 Å². The molecule has 2 aromatic rings. The first-order valence-corrected chi connectivity index (χ1v) is 8.25. The zero-order valence-electron chi connectivity index (χ0n) is 12.0. The summed E-state index contributed by atoms with van der Waals surface area (Å²) in [6.45, 7) is 1.99. The van der Waals surface area contributed by atoms with Crippen LogP contribution in [0.1, 0.15) is 17.2 Å². The molecule has 2 N–H and O–H groups in total. The molecule has 2 rings (SSSR count). The monoisotopic (exact) mass is 323 g/mol. The van der Waals surface area contributed by atoms with Gasteiger partial charge in [0.15, 0.2) is 0 Å². The molecule has 0 amide bonds. The second-order valence-corrected chi connectivity index (χ2v) is 6.67. The molecule has 0 radical (unpaired) electrons. The van der Waals surface area contributed by atoms with Crippen LogP contribution in [0.2, 0.25) is 5.02 Å². The SMILES string of the molecule is COc1ccc(C)cc1C(N)CS(=O)c1ccccc1Cl. The largest absolute Gasteiger partial charge is 0.496 e. The number of nitrogens with two attached hydrogens (primary N) is 1. The van der Waals surface area contributed by atoms with Crippen LogP contribution in [0.25, 0.3) is 0 Å². The average Bonchev–Trinajstić information content (AvgIpc) is 2.47. The number of benzene rings is 2. The van der Waals surface area contributed by atoms with E-state index in [9.17, 15) is 4.21 Å². The minimum absolute atomic E-state index is 0.295. The Morgan fingerprint density at radius 3 is 2.67 bits per heavy atom. The van der Waals surface area contributed by atoms with E-state index >= 15 is 0 Å². The first kappa shape index (κ1) is 16.0. The standard InChI is InChI=1S/C16H18ClNO2S/c1-11-7-8-15(20-2)12(9-11)14(18)10-21(19)16-6-4-3-5-13(16)17/h3-9,14H,10,18H2,1-2H3. The molecule has 21 heavy (non-hydrogen) atoms. The molecular formula is C16H18ClNO2S. The summed E-state index contributed by atoms with van der Waals surface area (Å²) in [5.41, 5.74) is 8.16. The van der Waals surface area contributed by atoms with Crippen LogP contribution in [0.3, 0.4) is 0 Å². The van der Waals surface area contributed by atoms with Gasteiger partial charge in [0.2, 0.25) is 0 Å². The Bertz CT molecular complexity index is 660. The Morgan fingerprint density at radius 1 is 1.29 bits per heavy atom. The number of aryl methyl sites for hydroxylation is 1. The molecule has 0 aromatic heterocycles. The molecule has 0 fully saturated rings. The van der Waals surface area contributed by atoms with Crippen molar-refractivity contribution in [2.75, 3.05) is 12.9 Å². The van der Waals surface area contributed by atoms with Crippen molar-refractivity contribution in [1.29, 1.82) is 0 Å². The topological polar surface area (TPSA) is 52.3 Å². The molecule has 3 nitrogen and oxygen atoms in total. The van der Waals surface area contributed by atoms with Crippen molar-refractivity contribution in [3.05, 3.63) is 58.6 Å². The molecule has 0 bridgehead atoms. The second kappa shape index (κ2) is 7.07. The number of halogens is 1. The van der Waals surface area contributed by atoms with E-state index in [0.29, 0.717) is 21.4 Å². The molecule has 0 saturated carbocycles. The maximum Gasteiger partial charge on any atom is 0.123 e. The fraction of sp³-hybridized carbons (Fsp3) is 0.250. The van der Waals surface area contributed by atoms with E-state index in [1.54, 1.807) is 19.2 Å². The van der Waals surface area contributed by atoms with Crippen molar-refractivity contribution >= 4 is 22.4 Å². The molecule has 5 heteroatoms. The average molecular weight is 324 g/mol. The molecule has 0 heterocycles. The fourth-order valence-corrected chi connectivity index (χ4v) is 3.71. The van der Waals surface area contributed by atoms with Gasteiger partial charge in [-0.3, -0.25) is 4.21 Å². The van der Waals surface area contributed by atoms with Gasteiger partial charge in [-0.05, 0) is 25.1 Å². The molecule has 112 valence electrons. The van der Waals surface area contributed by atoms with Gasteiger partial charge in [0.05, 0.1) is 27.8 Å². The minimum Gasteiger partial charge on any atom is -0.496 e. The molecule has 2 aromatic carbocycles. The summed E-state index contributed by atoms with van der Waals surface area (Å²) in [6.07, 6.45) is 0. The normalized spacial score (nSPS) is 13.7. The van der Waals surface area contributed by atoms with E-state index < -0.39 is 10.8 Å². The van der Waals surface area contributed by atoms with Crippen molar-refractivity contribution in [3.63, 3.8) is 0 Å². The third-order valence-corrected chi connectivity index (χ3v) is 5.15. The lowest BCUT2D eigenvalue weighted by Gasteiger charge is -2.16. The van der Waals surface area contributed by atoms with Crippen LogP contribution in [0.15, 0.2) is 47.4 Å². The highest BCUT2D eigenvalue weighted by molar-refractivity contribution is 7.85. The lowest BCUT2D eigenvalue weighted by molar-refractivity contribution is 0.407. The van der Waals surface area contributed by atoms with E-state index in [1.807, 2.05) is 37.3 Å². The Balaban J connectivity index is 2.22. The summed E-state index contributed by atoms with van der Waals surface area (Å²) >= 11 is 6.07. The van der Waals surface area contributed by atoms with E-state index in [1.165, 1.54) is 0 Å². The molecule has 0 aliphatic heterocycles. The quantitative estimate of drug-likeness (QED) is 0.916. The van der Waals surface area contributed by atoms with E-state index in [2.05, 4.69) is 0 Å². The Labute approximate surface area is 132 Å². The Hall–Kier alpha value is -1.36. The number of hydrogen-bond acceptors (Lipinski definition) is 3. The van der Waals surface area contributed by atoms with Gasteiger partial charge in [-0.15, -0.1) is 0 Å². The van der Waals surface area contributed by atoms with Crippen LogP contribution in [-0.4, -0.2) is 17.1 Å². The van der Waals surface area contributed by atoms with E-state index in [0.717, 1.165) is 11.1 Å². The second-order valence-electron chi connectivity index (χ2n) is 4.79. The number of methoxy groups -OCH3 is 1. The lowest BCUT2D eigenvalue weighted by atomic mass is 10.1. The van der Waals surface area contributed by atoms with Crippen LogP contribution in [0, 0.1) is 6.92 Å². The van der Waals surface area contributed by atoms with Gasteiger partial charge < -0.3 is 10.5 Å². The van der Waals surface area contributed by atoms with Crippen molar-refractivity contribution in [2.24, 2.45) is 5.73 Å². The predicted molar refractivity (Wildman–Crippen MR) is 87.4 cm³/mol. The number of hydrogen-bond donors (Lipinski definition) is 1. The minimum atomic E-state index is -1.25. The third-order valence-electron chi connectivity index (χ3n) is 3.20. The molecule has 0 spiro atoms. The highest BCUT2D eigenvalue weighted by Crippen LogP contribution is 2.27. The van der Waals surface area contributed by atoms with E-state index in [4.69, 9.17) is 22.1 Å². The van der Waals surface area contributed by atoms with Crippen molar-refractivity contribution in [1.82, 2.24) is 0 Å². The van der Waals surface area contributed by atoms with Gasteiger partial charge in [0, 0.05) is 17.4 Å². The summed E-state index contributed by atoms with van der Waals surface area (Å²) in [7, 11) is 0.348. The number of rotatable bonds is 5. The molecule has 0 saturated heterocycles. The van der Waals surface area contributed by atoms with Gasteiger partial charge in [0.25, 0.3) is 0 Å². The molecule has 2 atom stereocenters. The fourth-order valence-electron chi connectivity index (χ4n) is 2.12. The van der Waals surface area contributed by atoms with Crippen molar-refractivity contribution in [3.8, 4) is 5.75 Å². The first-order valence-electron chi connectivity index (χ1n) is 6.56. The molecule has 0 aliphatic carbocycles. The highest BCUT2D eigenvalue weighted by atomic mass is 35.5. The van der Waals surface area contributed by atoms with Crippen molar-refractivity contribution < 1.29 is 8.95 Å². The predicted octanol–water partition coefficient (Wildman–Crippen LogP) is 3.46. The summed E-state index contributed by atoms with van der Waals surface area (Å²) in [5, 5.41) is 0.499. The summed E-state index contributed by atoms with van der Waals surface area (Å²) in [5.74, 6) is 1.01. The maximum atomic E-state index is 12.4. The maximum absolute atomic E-state index is 12.4. The Morgan fingerprint density at radius 2 is 2.00 bits per heavy atom. The van der Waals surface area contributed by atoms with Gasteiger partial charge in [0.1, 0.15) is 5.75 Å². The van der Waals surface area contributed by atoms with Gasteiger partial charge >= 0.3 is 0 Å². The lowest BCUT2D eigenvalue weighted by Crippen LogP contribution is -2.19. The van der Waals surface area contributed by atoms with Crippen LogP contribution in [-0.2, 0) is 10.8 Å². The summed E-state index contributed by atoms with van der Waals surface area (Å²) < 4.78 is 17.8. The van der Waals surface area contributed by atoms with Crippen LogP contribution < -0.4 is 10.5 Å². The van der Waals surface area contributed by atoms with Gasteiger partial charge in [-0.25, -0.2) is 0 Å². The number of ether oxygens (including phenoxy) is 1. The molecular weight excluding hydrogens is 306 g/mol. The summed E-state index contributed by atoms with van der Waals surface area (Å²) in [6, 6.07) is 12.5. The summed E-state index contributed by atoms with van der Waals surface area (Å²) in [4.78, 5) is 0.612. The molecule has 0 aliphatic rings.